The lowest BCUT2D eigenvalue weighted by Gasteiger charge is -2.45. The number of nitrogens with zero attached hydrogens (tertiary/aromatic N) is 5. The molecule has 2 aromatic heterocycles. The fourth-order valence-electron chi connectivity index (χ4n) is 4.52. The van der Waals surface area contributed by atoms with E-state index in [9.17, 15) is 0 Å². The van der Waals surface area contributed by atoms with Crippen LogP contribution in [-0.4, -0.2) is 53.4 Å². The molecule has 0 aliphatic carbocycles. The van der Waals surface area contributed by atoms with Crippen LogP contribution < -0.4 is 14.4 Å². The number of piperidine rings is 1. The van der Waals surface area contributed by atoms with E-state index in [1.54, 1.807) is 20.5 Å². The predicted molar refractivity (Wildman–Crippen MR) is 109 cm³/mol. The van der Waals surface area contributed by atoms with Crippen LogP contribution in [0.5, 0.6) is 11.5 Å². The van der Waals surface area contributed by atoms with Gasteiger partial charge >= 0.3 is 0 Å². The van der Waals surface area contributed by atoms with E-state index in [4.69, 9.17) is 14.2 Å². The van der Waals surface area contributed by atoms with Crippen molar-refractivity contribution >= 4 is 17.1 Å². The zero-order valence-electron chi connectivity index (χ0n) is 17.0. The van der Waals surface area contributed by atoms with Gasteiger partial charge in [0.1, 0.15) is 5.52 Å². The van der Waals surface area contributed by atoms with Gasteiger partial charge in [-0.05, 0) is 42.5 Å². The molecule has 0 bridgehead atoms. The van der Waals surface area contributed by atoms with Crippen molar-refractivity contribution in [2.24, 2.45) is 7.05 Å². The Morgan fingerprint density at radius 3 is 2.59 bits per heavy atom. The van der Waals surface area contributed by atoms with E-state index in [0.29, 0.717) is 0 Å². The third-order valence-corrected chi connectivity index (χ3v) is 6.17. The predicted octanol–water partition coefficient (Wildman–Crippen LogP) is 2.45. The van der Waals surface area contributed by atoms with Crippen molar-refractivity contribution in [3.8, 4) is 11.5 Å². The SMILES string of the molecule is COc1cc2c(cc1OC)C1(CCN(c3ncc4c(ncn4C)n3)CC1)OCC2. The van der Waals surface area contributed by atoms with Gasteiger partial charge in [0, 0.05) is 20.1 Å². The molecule has 8 nitrogen and oxygen atoms in total. The molecule has 1 fully saturated rings. The number of aromatic nitrogens is 4. The first-order chi connectivity index (χ1) is 14.1. The van der Waals surface area contributed by atoms with Crippen LogP contribution in [0.3, 0.4) is 0 Å². The first kappa shape index (κ1) is 18.2. The number of benzene rings is 1. The molecule has 1 saturated heterocycles. The zero-order valence-corrected chi connectivity index (χ0v) is 17.0. The van der Waals surface area contributed by atoms with Crippen LogP contribution in [0.4, 0.5) is 5.95 Å². The number of hydrogen-bond donors (Lipinski definition) is 0. The lowest BCUT2D eigenvalue weighted by Crippen LogP contribution is -2.47. The maximum Gasteiger partial charge on any atom is 0.227 e. The number of imidazole rings is 1. The third kappa shape index (κ3) is 2.90. The second kappa shape index (κ2) is 6.88. The maximum atomic E-state index is 6.38. The molecule has 0 atom stereocenters. The summed E-state index contributed by atoms with van der Waals surface area (Å²) in [6.07, 6.45) is 6.25. The topological polar surface area (TPSA) is 74.5 Å². The number of ether oxygens (including phenoxy) is 3. The highest BCUT2D eigenvalue weighted by Crippen LogP contribution is 2.45. The Morgan fingerprint density at radius 2 is 1.83 bits per heavy atom. The Hall–Kier alpha value is -2.87. The van der Waals surface area contributed by atoms with Crippen molar-refractivity contribution in [1.29, 1.82) is 0 Å². The van der Waals surface area contributed by atoms with Crippen molar-refractivity contribution in [3.63, 3.8) is 0 Å². The minimum Gasteiger partial charge on any atom is -0.493 e. The Balaban J connectivity index is 1.42. The van der Waals surface area contributed by atoms with Crippen LogP contribution in [0.25, 0.3) is 11.2 Å². The van der Waals surface area contributed by atoms with Crippen molar-refractivity contribution in [2.45, 2.75) is 24.9 Å². The molecule has 3 aromatic rings. The van der Waals surface area contributed by atoms with Crippen molar-refractivity contribution < 1.29 is 14.2 Å². The first-order valence-corrected chi connectivity index (χ1v) is 9.92. The highest BCUT2D eigenvalue weighted by atomic mass is 16.5. The van der Waals surface area contributed by atoms with Crippen molar-refractivity contribution in [2.75, 3.05) is 38.8 Å². The highest BCUT2D eigenvalue weighted by Gasteiger charge is 2.42. The molecule has 0 radical (unpaired) electrons. The van der Waals surface area contributed by atoms with Gasteiger partial charge in [0.25, 0.3) is 0 Å². The van der Waals surface area contributed by atoms with E-state index < -0.39 is 0 Å². The van der Waals surface area contributed by atoms with Crippen LogP contribution in [0.2, 0.25) is 0 Å². The molecule has 0 N–H and O–H groups in total. The van der Waals surface area contributed by atoms with Gasteiger partial charge in [-0.2, -0.15) is 4.98 Å². The Labute approximate surface area is 169 Å². The standard InChI is InChI=1S/C21H25N5O3/c1-25-13-23-19-16(25)12-22-20(24-19)26-7-5-21(6-8-26)15-11-18(28-3)17(27-2)10-14(15)4-9-29-21/h10-13H,4-9H2,1-3H3. The maximum absolute atomic E-state index is 6.38. The molecule has 5 rings (SSSR count). The normalized spacial score (nSPS) is 18.1. The molecule has 8 heteroatoms. The summed E-state index contributed by atoms with van der Waals surface area (Å²) in [5.41, 5.74) is 3.89. The van der Waals surface area contributed by atoms with Gasteiger partial charge in [0.05, 0.1) is 39.0 Å². The van der Waals surface area contributed by atoms with Crippen LogP contribution in [0.15, 0.2) is 24.7 Å². The van der Waals surface area contributed by atoms with E-state index in [1.165, 1.54) is 11.1 Å². The summed E-state index contributed by atoms with van der Waals surface area (Å²) >= 11 is 0. The molecular weight excluding hydrogens is 370 g/mol. The molecule has 2 aliphatic heterocycles. The van der Waals surface area contributed by atoms with E-state index in [-0.39, 0.29) is 5.60 Å². The van der Waals surface area contributed by atoms with Gasteiger partial charge in [-0.1, -0.05) is 0 Å². The van der Waals surface area contributed by atoms with Gasteiger partial charge in [-0.15, -0.1) is 0 Å². The lowest BCUT2D eigenvalue weighted by molar-refractivity contribution is -0.0769. The molecule has 0 saturated carbocycles. The summed E-state index contributed by atoms with van der Waals surface area (Å²) in [5, 5.41) is 0. The number of anilines is 1. The molecule has 4 heterocycles. The minimum absolute atomic E-state index is 0.293. The van der Waals surface area contributed by atoms with Crippen molar-refractivity contribution in [3.05, 3.63) is 35.8 Å². The van der Waals surface area contributed by atoms with Gasteiger partial charge in [-0.25, -0.2) is 9.97 Å². The molecule has 0 amide bonds. The van der Waals surface area contributed by atoms with E-state index in [1.807, 2.05) is 17.8 Å². The molecule has 1 aromatic carbocycles. The van der Waals surface area contributed by atoms with Gasteiger partial charge in [-0.3, -0.25) is 0 Å². The number of methoxy groups -OCH3 is 2. The van der Waals surface area contributed by atoms with E-state index >= 15 is 0 Å². The Kier molecular flexibility index (Phi) is 4.31. The van der Waals surface area contributed by atoms with Gasteiger partial charge < -0.3 is 23.7 Å². The van der Waals surface area contributed by atoms with Crippen LogP contribution in [-0.2, 0) is 23.8 Å². The summed E-state index contributed by atoms with van der Waals surface area (Å²) in [4.78, 5) is 15.8. The second-order valence-electron chi connectivity index (χ2n) is 7.68. The van der Waals surface area contributed by atoms with E-state index in [2.05, 4.69) is 32.0 Å². The smallest absolute Gasteiger partial charge is 0.227 e. The molecule has 152 valence electrons. The van der Waals surface area contributed by atoms with Crippen LogP contribution >= 0.6 is 0 Å². The summed E-state index contributed by atoms with van der Waals surface area (Å²) < 4.78 is 19.4. The fourth-order valence-corrected chi connectivity index (χ4v) is 4.52. The number of fused-ring (bicyclic) bond motifs is 3. The monoisotopic (exact) mass is 395 g/mol. The summed E-state index contributed by atoms with van der Waals surface area (Å²) in [7, 11) is 5.30. The highest BCUT2D eigenvalue weighted by molar-refractivity contribution is 5.71. The number of hydrogen-bond acceptors (Lipinski definition) is 7. The summed E-state index contributed by atoms with van der Waals surface area (Å²) in [6.45, 7) is 2.37. The average molecular weight is 395 g/mol. The number of aryl methyl sites for hydroxylation is 1. The lowest BCUT2D eigenvalue weighted by atomic mass is 9.79. The summed E-state index contributed by atoms with van der Waals surface area (Å²) in [5.74, 6) is 2.26. The molecule has 2 aliphatic rings. The Morgan fingerprint density at radius 1 is 1.07 bits per heavy atom. The molecular formula is C21H25N5O3. The van der Waals surface area contributed by atoms with Gasteiger partial charge in [0.2, 0.25) is 5.95 Å². The van der Waals surface area contributed by atoms with Gasteiger partial charge in [0.15, 0.2) is 17.1 Å². The largest absolute Gasteiger partial charge is 0.493 e. The van der Waals surface area contributed by atoms with Crippen LogP contribution in [0.1, 0.15) is 24.0 Å². The number of rotatable bonds is 3. The first-order valence-electron chi connectivity index (χ1n) is 9.92. The van der Waals surface area contributed by atoms with Crippen molar-refractivity contribution in [1.82, 2.24) is 19.5 Å². The Bertz CT molecular complexity index is 1060. The summed E-state index contributed by atoms with van der Waals surface area (Å²) in [6, 6.07) is 4.20. The molecule has 29 heavy (non-hydrogen) atoms. The third-order valence-electron chi connectivity index (χ3n) is 6.17. The molecule has 1 spiro atoms. The van der Waals surface area contributed by atoms with E-state index in [0.717, 1.165) is 67.6 Å². The average Bonchev–Trinajstić information content (AvgIpc) is 3.14. The molecule has 0 unspecified atom stereocenters. The minimum atomic E-state index is -0.293. The zero-order chi connectivity index (χ0) is 20.0. The second-order valence-corrected chi connectivity index (χ2v) is 7.68. The fraction of sp³-hybridized carbons (Fsp3) is 0.476. The quantitative estimate of drug-likeness (QED) is 0.674. The van der Waals surface area contributed by atoms with Crippen LogP contribution in [0, 0.1) is 0 Å².